The quantitative estimate of drug-likeness (QED) is 0.412. The number of para-hydroxylation sites is 1. The third-order valence-corrected chi connectivity index (χ3v) is 6.89. The molecule has 0 spiro atoms. The molecule has 10 heteroatoms. The maximum Gasteiger partial charge on any atom is 0.265 e. The van der Waals surface area contributed by atoms with Crippen molar-refractivity contribution in [3.8, 4) is 17.2 Å². The number of halogens is 1. The van der Waals surface area contributed by atoms with E-state index in [1.807, 2.05) is 13.8 Å². The number of hydrogen-bond donors (Lipinski definition) is 1. The molecule has 0 aliphatic heterocycles. The molecule has 0 aromatic heterocycles. The van der Waals surface area contributed by atoms with Gasteiger partial charge in [0, 0.05) is 12.6 Å². The maximum atomic E-state index is 14.7. The molecule has 1 amide bonds. The Labute approximate surface area is 210 Å². The highest BCUT2D eigenvalue weighted by molar-refractivity contribution is 7.92. The first kappa shape index (κ1) is 26.8. The molecule has 0 unspecified atom stereocenters. The minimum Gasteiger partial charge on any atom is -0.493 e. The van der Waals surface area contributed by atoms with E-state index in [2.05, 4.69) is 5.32 Å². The van der Waals surface area contributed by atoms with Crippen molar-refractivity contribution in [1.82, 2.24) is 5.32 Å². The second-order valence-corrected chi connectivity index (χ2v) is 9.93. The number of amides is 1. The van der Waals surface area contributed by atoms with Crippen LogP contribution in [0.2, 0.25) is 0 Å². The van der Waals surface area contributed by atoms with Crippen LogP contribution in [0.1, 0.15) is 19.4 Å². The van der Waals surface area contributed by atoms with Gasteiger partial charge in [0.05, 0.1) is 30.9 Å². The first-order chi connectivity index (χ1) is 17.1. The Bertz CT molecular complexity index is 1300. The predicted octanol–water partition coefficient (Wildman–Crippen LogP) is 4.14. The van der Waals surface area contributed by atoms with Crippen LogP contribution in [0.25, 0.3) is 0 Å². The summed E-state index contributed by atoms with van der Waals surface area (Å²) in [6, 6.07) is 16.5. The normalized spacial score (nSPS) is 11.2. The molecule has 3 rings (SSSR count). The standard InChI is InChI=1S/C26H29FN2O6S/c1-18(2)35-20-11-9-19(10-12-20)16-28-26(30)17-29(23-8-6-5-7-22(23)27)36(31,32)21-13-14-24(33-3)25(15-21)34-4/h5-15,18H,16-17H2,1-4H3,(H,28,30). The lowest BCUT2D eigenvalue weighted by Crippen LogP contribution is -2.41. The summed E-state index contributed by atoms with van der Waals surface area (Å²) in [6.07, 6.45) is 0.0348. The van der Waals surface area contributed by atoms with E-state index in [-0.39, 0.29) is 29.0 Å². The summed E-state index contributed by atoms with van der Waals surface area (Å²) in [6.45, 7) is 3.37. The Morgan fingerprint density at radius 1 is 0.972 bits per heavy atom. The fraction of sp³-hybridized carbons (Fsp3) is 0.269. The lowest BCUT2D eigenvalue weighted by atomic mass is 10.2. The Morgan fingerprint density at radius 3 is 2.25 bits per heavy atom. The third-order valence-electron chi connectivity index (χ3n) is 5.14. The minimum absolute atomic E-state index is 0.0348. The van der Waals surface area contributed by atoms with Gasteiger partial charge in [0.2, 0.25) is 5.91 Å². The second kappa shape index (κ2) is 11.8. The SMILES string of the molecule is COc1ccc(S(=O)(=O)N(CC(=O)NCc2ccc(OC(C)C)cc2)c2ccccc2F)cc1OC. The van der Waals surface area contributed by atoms with Crippen LogP contribution in [-0.4, -0.2) is 41.2 Å². The van der Waals surface area contributed by atoms with Crippen molar-refractivity contribution in [2.24, 2.45) is 0 Å². The largest absolute Gasteiger partial charge is 0.493 e. The summed E-state index contributed by atoms with van der Waals surface area (Å²) < 4.78 is 58.5. The number of rotatable bonds is 11. The molecule has 3 aromatic carbocycles. The first-order valence-electron chi connectivity index (χ1n) is 11.2. The van der Waals surface area contributed by atoms with Gasteiger partial charge in [-0.1, -0.05) is 24.3 Å². The predicted molar refractivity (Wildman–Crippen MR) is 135 cm³/mol. The van der Waals surface area contributed by atoms with E-state index in [4.69, 9.17) is 14.2 Å². The number of carbonyl (C=O) groups excluding carboxylic acids is 1. The molecule has 192 valence electrons. The number of nitrogens with zero attached hydrogens (tertiary/aromatic N) is 1. The zero-order chi connectivity index (χ0) is 26.3. The van der Waals surface area contributed by atoms with Crippen molar-refractivity contribution >= 4 is 21.6 Å². The van der Waals surface area contributed by atoms with Gasteiger partial charge in [-0.3, -0.25) is 9.10 Å². The number of anilines is 1. The van der Waals surface area contributed by atoms with Crippen LogP contribution in [-0.2, 0) is 21.4 Å². The number of hydrogen-bond acceptors (Lipinski definition) is 6. The molecule has 1 N–H and O–H groups in total. The summed E-state index contributed by atoms with van der Waals surface area (Å²) in [5.41, 5.74) is 0.539. The van der Waals surface area contributed by atoms with Gasteiger partial charge in [-0.25, -0.2) is 12.8 Å². The van der Waals surface area contributed by atoms with E-state index < -0.39 is 28.3 Å². The minimum atomic E-state index is -4.35. The van der Waals surface area contributed by atoms with Gasteiger partial charge in [0.1, 0.15) is 18.1 Å². The smallest absolute Gasteiger partial charge is 0.265 e. The molecule has 0 aliphatic carbocycles. The van der Waals surface area contributed by atoms with Gasteiger partial charge in [-0.2, -0.15) is 0 Å². The zero-order valence-corrected chi connectivity index (χ0v) is 21.3. The number of ether oxygens (including phenoxy) is 3. The Morgan fingerprint density at radius 2 is 1.64 bits per heavy atom. The van der Waals surface area contributed by atoms with Crippen LogP contribution in [0.15, 0.2) is 71.6 Å². The summed E-state index contributed by atoms with van der Waals surface area (Å²) >= 11 is 0. The van der Waals surface area contributed by atoms with Crippen molar-refractivity contribution in [2.75, 3.05) is 25.1 Å². The Balaban J connectivity index is 1.84. The number of benzene rings is 3. The van der Waals surface area contributed by atoms with Gasteiger partial charge in [-0.15, -0.1) is 0 Å². The molecular weight excluding hydrogens is 487 g/mol. The highest BCUT2D eigenvalue weighted by Crippen LogP contribution is 2.32. The van der Waals surface area contributed by atoms with Crippen LogP contribution in [0, 0.1) is 5.82 Å². The van der Waals surface area contributed by atoms with Gasteiger partial charge in [0.25, 0.3) is 10.0 Å². The summed E-state index contributed by atoms with van der Waals surface area (Å²) in [4.78, 5) is 12.6. The number of nitrogens with one attached hydrogen (secondary N) is 1. The molecule has 0 aliphatic rings. The lowest BCUT2D eigenvalue weighted by molar-refractivity contribution is -0.119. The first-order valence-corrected chi connectivity index (χ1v) is 12.6. The molecule has 3 aromatic rings. The second-order valence-electron chi connectivity index (χ2n) is 8.07. The topological polar surface area (TPSA) is 94.2 Å². The van der Waals surface area contributed by atoms with Crippen LogP contribution < -0.4 is 23.8 Å². The fourth-order valence-electron chi connectivity index (χ4n) is 3.40. The number of sulfonamides is 1. The van der Waals surface area contributed by atoms with Crippen LogP contribution in [0.4, 0.5) is 10.1 Å². The molecule has 36 heavy (non-hydrogen) atoms. The average molecular weight is 517 g/mol. The molecule has 0 radical (unpaired) electrons. The maximum absolute atomic E-state index is 14.7. The van der Waals surface area contributed by atoms with Crippen molar-refractivity contribution in [2.45, 2.75) is 31.4 Å². The third kappa shape index (κ3) is 6.45. The van der Waals surface area contributed by atoms with Gasteiger partial charge < -0.3 is 19.5 Å². The monoisotopic (exact) mass is 516 g/mol. The summed E-state index contributed by atoms with van der Waals surface area (Å²) in [7, 11) is -1.55. The Hall–Kier alpha value is -3.79. The summed E-state index contributed by atoms with van der Waals surface area (Å²) in [5.74, 6) is -0.176. The molecule has 0 bridgehead atoms. The molecule has 0 saturated heterocycles. The highest BCUT2D eigenvalue weighted by atomic mass is 32.2. The van der Waals surface area contributed by atoms with Gasteiger partial charge >= 0.3 is 0 Å². The van der Waals surface area contributed by atoms with Crippen LogP contribution >= 0.6 is 0 Å². The van der Waals surface area contributed by atoms with E-state index in [1.54, 1.807) is 24.3 Å². The van der Waals surface area contributed by atoms with Crippen molar-refractivity contribution in [3.05, 3.63) is 78.1 Å². The Kier molecular flexibility index (Phi) is 8.76. The van der Waals surface area contributed by atoms with Crippen molar-refractivity contribution in [1.29, 1.82) is 0 Å². The zero-order valence-electron chi connectivity index (χ0n) is 20.5. The fourth-order valence-corrected chi connectivity index (χ4v) is 4.85. The van der Waals surface area contributed by atoms with Crippen LogP contribution in [0.3, 0.4) is 0 Å². The van der Waals surface area contributed by atoms with Gasteiger partial charge in [-0.05, 0) is 55.8 Å². The van der Waals surface area contributed by atoms with Crippen molar-refractivity contribution in [3.63, 3.8) is 0 Å². The van der Waals surface area contributed by atoms with E-state index in [1.165, 1.54) is 50.6 Å². The summed E-state index contributed by atoms with van der Waals surface area (Å²) in [5, 5.41) is 2.69. The molecule has 8 nitrogen and oxygen atoms in total. The van der Waals surface area contributed by atoms with E-state index >= 15 is 0 Å². The number of methoxy groups -OCH3 is 2. The van der Waals surface area contributed by atoms with E-state index in [9.17, 15) is 17.6 Å². The van der Waals surface area contributed by atoms with E-state index in [0.29, 0.717) is 11.5 Å². The van der Waals surface area contributed by atoms with E-state index in [0.717, 1.165) is 15.9 Å². The average Bonchev–Trinajstić information content (AvgIpc) is 2.86. The van der Waals surface area contributed by atoms with Crippen molar-refractivity contribution < 1.29 is 31.8 Å². The van der Waals surface area contributed by atoms with Gasteiger partial charge in [0.15, 0.2) is 11.5 Å². The lowest BCUT2D eigenvalue weighted by Gasteiger charge is -2.25. The highest BCUT2D eigenvalue weighted by Gasteiger charge is 2.30. The molecule has 0 fully saturated rings. The molecule has 0 heterocycles. The molecular formula is C26H29FN2O6S. The van der Waals surface area contributed by atoms with Crippen LogP contribution in [0.5, 0.6) is 17.2 Å². The molecule has 0 atom stereocenters. The number of carbonyl (C=O) groups is 1. The molecule has 0 saturated carbocycles.